The van der Waals surface area contributed by atoms with Gasteiger partial charge in [0.05, 0.1) is 0 Å². The Morgan fingerprint density at radius 3 is 1.79 bits per heavy atom. The van der Waals surface area contributed by atoms with Gasteiger partial charge in [-0.3, -0.25) is 9.59 Å². The Hall–Kier alpha value is -3.32. The molecule has 0 bridgehead atoms. The van der Waals surface area contributed by atoms with Crippen LogP contribution in [0.5, 0.6) is 0 Å². The first kappa shape index (κ1) is 21.0. The number of esters is 2. The molecule has 0 aliphatic carbocycles. The lowest BCUT2D eigenvalue weighted by molar-refractivity contribution is -0.173. The van der Waals surface area contributed by atoms with Crippen molar-refractivity contribution in [3.8, 4) is 11.8 Å². The first-order chi connectivity index (χ1) is 13.6. The summed E-state index contributed by atoms with van der Waals surface area (Å²) >= 11 is 0. The number of ether oxygens (including phenoxy) is 2. The van der Waals surface area contributed by atoms with E-state index in [1.54, 1.807) is 6.92 Å². The summed E-state index contributed by atoms with van der Waals surface area (Å²) in [5, 5.41) is 0. The normalized spacial score (nSPS) is 10.3. The van der Waals surface area contributed by atoms with Gasteiger partial charge in [-0.1, -0.05) is 66.7 Å². The molecule has 0 amide bonds. The average molecular weight is 376 g/mol. The molecule has 4 nitrogen and oxygen atoms in total. The molecule has 0 saturated carbocycles. The molecule has 0 radical (unpaired) electrons. The van der Waals surface area contributed by atoms with Crippen LogP contribution in [0.3, 0.4) is 0 Å². The predicted octanol–water partition coefficient (Wildman–Crippen LogP) is 4.45. The first-order valence-electron chi connectivity index (χ1n) is 9.05. The number of benzene rings is 2. The monoisotopic (exact) mass is 376 g/mol. The second-order valence-corrected chi connectivity index (χ2v) is 6.30. The highest BCUT2D eigenvalue weighted by atomic mass is 16.6. The molecule has 0 N–H and O–H groups in total. The van der Waals surface area contributed by atoms with Gasteiger partial charge in [-0.05, 0) is 24.5 Å². The molecule has 0 heterocycles. The minimum atomic E-state index is -1.53. The van der Waals surface area contributed by atoms with Crippen LogP contribution < -0.4 is 0 Å². The molecule has 0 aliphatic rings. The largest absolute Gasteiger partial charge is 0.460 e. The van der Waals surface area contributed by atoms with Crippen molar-refractivity contribution in [2.24, 2.45) is 5.41 Å². The van der Waals surface area contributed by atoms with E-state index in [-0.39, 0.29) is 26.1 Å². The maximum atomic E-state index is 12.9. The summed E-state index contributed by atoms with van der Waals surface area (Å²) < 4.78 is 10.9. The molecule has 0 aliphatic heterocycles. The summed E-state index contributed by atoms with van der Waals surface area (Å²) in [4.78, 5) is 25.9. The van der Waals surface area contributed by atoms with Crippen LogP contribution in [0, 0.1) is 17.3 Å². The second-order valence-electron chi connectivity index (χ2n) is 6.30. The molecule has 2 rings (SSSR count). The summed E-state index contributed by atoms with van der Waals surface area (Å²) in [5.74, 6) is 4.26. The Bertz CT molecular complexity index is 789. The van der Waals surface area contributed by atoms with E-state index in [1.807, 2.05) is 60.7 Å². The smallest absolute Gasteiger partial charge is 0.325 e. The van der Waals surface area contributed by atoms with Crippen molar-refractivity contribution in [2.75, 3.05) is 0 Å². The number of allylic oxidation sites excluding steroid dienone is 1. The van der Waals surface area contributed by atoms with Crippen molar-refractivity contribution < 1.29 is 19.1 Å². The zero-order valence-corrected chi connectivity index (χ0v) is 16.0. The lowest BCUT2D eigenvalue weighted by Gasteiger charge is -2.26. The fraction of sp³-hybridized carbons (Fsp3) is 0.250. The summed E-state index contributed by atoms with van der Waals surface area (Å²) in [7, 11) is 0. The van der Waals surface area contributed by atoms with Crippen LogP contribution in [-0.4, -0.2) is 11.9 Å². The topological polar surface area (TPSA) is 52.6 Å². The molecule has 0 saturated heterocycles. The van der Waals surface area contributed by atoms with Crippen molar-refractivity contribution in [2.45, 2.75) is 33.0 Å². The van der Waals surface area contributed by atoms with Gasteiger partial charge >= 0.3 is 11.9 Å². The minimum absolute atomic E-state index is 0.0107. The Balaban J connectivity index is 2.18. The van der Waals surface area contributed by atoms with E-state index in [0.29, 0.717) is 0 Å². The molecule has 0 spiro atoms. The molecule has 0 unspecified atom stereocenters. The van der Waals surface area contributed by atoms with Crippen molar-refractivity contribution in [3.63, 3.8) is 0 Å². The molecule has 144 valence electrons. The summed E-state index contributed by atoms with van der Waals surface area (Å²) in [5.41, 5.74) is 0.138. The van der Waals surface area contributed by atoms with E-state index >= 15 is 0 Å². The fourth-order valence-electron chi connectivity index (χ4n) is 2.67. The molecular weight excluding hydrogens is 352 g/mol. The van der Waals surface area contributed by atoms with Crippen LogP contribution in [0.4, 0.5) is 0 Å². The highest BCUT2D eigenvalue weighted by Gasteiger charge is 2.47. The molecule has 0 atom stereocenters. The van der Waals surface area contributed by atoms with Crippen LogP contribution >= 0.6 is 0 Å². The van der Waals surface area contributed by atoms with Gasteiger partial charge in [0.15, 0.2) is 5.41 Å². The van der Waals surface area contributed by atoms with E-state index in [4.69, 9.17) is 9.47 Å². The molecule has 2 aromatic carbocycles. The Kier molecular flexibility index (Phi) is 8.05. The summed E-state index contributed by atoms with van der Waals surface area (Å²) in [6.07, 6.45) is 1.62. The van der Waals surface area contributed by atoms with Gasteiger partial charge in [0, 0.05) is 6.42 Å². The minimum Gasteiger partial charge on any atom is -0.460 e. The number of rotatable bonds is 9. The molecule has 0 fully saturated rings. The third-order valence-corrected chi connectivity index (χ3v) is 4.27. The van der Waals surface area contributed by atoms with E-state index in [9.17, 15) is 9.59 Å². The Labute approximate surface area is 166 Å². The van der Waals surface area contributed by atoms with Gasteiger partial charge in [-0.25, -0.2) is 0 Å². The summed E-state index contributed by atoms with van der Waals surface area (Å²) in [6, 6.07) is 18.6. The number of carbonyl (C=O) groups excluding carboxylic acids is 2. The predicted molar refractivity (Wildman–Crippen MR) is 108 cm³/mol. The zero-order valence-electron chi connectivity index (χ0n) is 16.0. The Morgan fingerprint density at radius 1 is 0.929 bits per heavy atom. The molecular formula is C24H24O4. The lowest BCUT2D eigenvalue weighted by Crippen LogP contribution is -2.41. The fourth-order valence-corrected chi connectivity index (χ4v) is 2.67. The average Bonchev–Trinajstić information content (AvgIpc) is 2.74. The van der Waals surface area contributed by atoms with Gasteiger partial charge in [-0.2, -0.15) is 0 Å². The highest BCUT2D eigenvalue weighted by Crippen LogP contribution is 2.32. The SMILES string of the molecule is C=CCC(CC#CC)(C(=O)OCc1ccccc1)C(=O)OCc1ccccc1. The lowest BCUT2D eigenvalue weighted by atomic mass is 9.81. The maximum Gasteiger partial charge on any atom is 0.325 e. The van der Waals surface area contributed by atoms with Crippen molar-refractivity contribution in [1.82, 2.24) is 0 Å². The van der Waals surface area contributed by atoms with Crippen molar-refractivity contribution in [1.29, 1.82) is 0 Å². The standard InChI is InChI=1S/C24H24O4/c1-3-5-17-24(16-4-2,22(25)27-18-20-12-8-6-9-13-20)23(26)28-19-21-14-10-7-11-15-21/h4,6-15H,2,16-19H2,1H3. The van der Waals surface area contributed by atoms with Crippen LogP contribution in [0.25, 0.3) is 0 Å². The molecule has 0 aromatic heterocycles. The molecule has 28 heavy (non-hydrogen) atoms. The van der Waals surface area contributed by atoms with Crippen LogP contribution in [0.2, 0.25) is 0 Å². The van der Waals surface area contributed by atoms with Crippen molar-refractivity contribution in [3.05, 3.63) is 84.4 Å². The van der Waals surface area contributed by atoms with Crippen LogP contribution in [-0.2, 0) is 32.3 Å². The van der Waals surface area contributed by atoms with Gasteiger partial charge in [0.2, 0.25) is 0 Å². The Morgan fingerprint density at radius 2 is 1.39 bits per heavy atom. The molecule has 4 heteroatoms. The van der Waals surface area contributed by atoms with E-state index in [2.05, 4.69) is 18.4 Å². The van der Waals surface area contributed by atoms with E-state index < -0.39 is 17.4 Å². The number of hydrogen-bond acceptors (Lipinski definition) is 4. The van der Waals surface area contributed by atoms with Crippen LogP contribution in [0.1, 0.15) is 30.9 Å². The van der Waals surface area contributed by atoms with Gasteiger partial charge in [0.25, 0.3) is 0 Å². The summed E-state index contributed by atoms with van der Waals surface area (Å²) in [6.45, 7) is 5.49. The zero-order chi connectivity index (χ0) is 20.2. The van der Waals surface area contributed by atoms with E-state index in [1.165, 1.54) is 6.08 Å². The third kappa shape index (κ3) is 5.59. The number of carbonyl (C=O) groups is 2. The van der Waals surface area contributed by atoms with Gasteiger partial charge in [0.1, 0.15) is 13.2 Å². The number of hydrogen-bond donors (Lipinski definition) is 0. The maximum absolute atomic E-state index is 12.9. The highest BCUT2D eigenvalue weighted by molar-refractivity contribution is 6.00. The quantitative estimate of drug-likeness (QED) is 0.281. The van der Waals surface area contributed by atoms with Crippen molar-refractivity contribution >= 4 is 11.9 Å². The van der Waals surface area contributed by atoms with Crippen LogP contribution in [0.15, 0.2) is 73.3 Å². The molecule has 2 aromatic rings. The first-order valence-corrected chi connectivity index (χ1v) is 9.05. The van der Waals surface area contributed by atoms with Gasteiger partial charge < -0.3 is 9.47 Å². The van der Waals surface area contributed by atoms with Gasteiger partial charge in [-0.15, -0.1) is 18.4 Å². The third-order valence-electron chi connectivity index (χ3n) is 4.27. The second kappa shape index (κ2) is 10.7. The van der Waals surface area contributed by atoms with E-state index in [0.717, 1.165) is 11.1 Å².